The van der Waals surface area contributed by atoms with E-state index in [1.54, 1.807) is 4.47 Å². The summed E-state index contributed by atoms with van der Waals surface area (Å²) >= 11 is 4.13. The van der Waals surface area contributed by atoms with Crippen LogP contribution in [0.4, 0.5) is 0 Å². The molecule has 3 aromatic carbocycles. The van der Waals surface area contributed by atoms with E-state index in [0.717, 1.165) is 4.47 Å². The quantitative estimate of drug-likeness (QED) is 0.424. The summed E-state index contributed by atoms with van der Waals surface area (Å²) < 4.78 is 2.72. The van der Waals surface area contributed by atoms with Crippen molar-refractivity contribution in [1.29, 1.82) is 0 Å². The van der Waals surface area contributed by atoms with E-state index in [4.69, 9.17) is 0 Å². The van der Waals surface area contributed by atoms with Gasteiger partial charge in [-0.3, -0.25) is 0 Å². The van der Waals surface area contributed by atoms with Crippen LogP contribution in [0.1, 0.15) is 22.6 Å². The first-order chi connectivity index (χ1) is 11.8. The van der Waals surface area contributed by atoms with Crippen LogP contribution in [-0.2, 0) is 0 Å². The van der Waals surface area contributed by atoms with Crippen molar-refractivity contribution in [3.8, 4) is 0 Å². The zero-order valence-corrected chi connectivity index (χ0v) is 16.5. The average molecular weight is 440 g/mol. The Kier molecular flexibility index (Phi) is 4.71. The molecule has 0 aliphatic carbocycles. The second-order valence-corrected chi connectivity index (χ2v) is 8.97. The number of hydrogen-bond donors (Lipinski definition) is 0. The van der Waals surface area contributed by atoms with Gasteiger partial charge < -0.3 is 0 Å². The zero-order chi connectivity index (χ0) is 16.4. The summed E-state index contributed by atoms with van der Waals surface area (Å²) in [6, 6.07) is 30.6. The molecule has 0 aromatic heterocycles. The SMILES string of the molecule is Brc1cccc(C2C[Se]C(c3ccccc3)=C2c2ccccc2)c1. The molecule has 0 N–H and O–H groups in total. The van der Waals surface area contributed by atoms with Crippen LogP contribution in [-0.4, -0.2) is 15.0 Å². The molecule has 0 saturated heterocycles. The van der Waals surface area contributed by atoms with E-state index in [0.29, 0.717) is 20.9 Å². The Bertz CT molecular complexity index is 869. The molecule has 1 aliphatic rings. The van der Waals surface area contributed by atoms with Gasteiger partial charge in [-0.25, -0.2) is 0 Å². The summed E-state index contributed by atoms with van der Waals surface area (Å²) in [4.78, 5) is 0. The number of rotatable bonds is 3. The molecule has 1 atom stereocenters. The van der Waals surface area contributed by atoms with Gasteiger partial charge in [0.05, 0.1) is 0 Å². The van der Waals surface area contributed by atoms with Gasteiger partial charge in [0.25, 0.3) is 0 Å². The normalized spacial score (nSPS) is 17.3. The van der Waals surface area contributed by atoms with Crippen LogP contribution in [0.5, 0.6) is 0 Å². The Morgan fingerprint density at radius 3 is 2.08 bits per heavy atom. The first kappa shape index (κ1) is 15.9. The van der Waals surface area contributed by atoms with Gasteiger partial charge in [0, 0.05) is 0 Å². The van der Waals surface area contributed by atoms with Gasteiger partial charge in [-0.05, 0) is 0 Å². The Hall–Kier alpha value is -1.60. The molecule has 4 rings (SSSR count). The van der Waals surface area contributed by atoms with Crippen molar-refractivity contribution in [1.82, 2.24) is 0 Å². The monoisotopic (exact) mass is 440 g/mol. The number of hydrogen-bond acceptors (Lipinski definition) is 0. The van der Waals surface area contributed by atoms with Gasteiger partial charge in [0.15, 0.2) is 0 Å². The standard InChI is InChI=1S/C22H17BrSe/c23-19-13-7-12-18(14-19)20-15-24-22(17-10-5-2-6-11-17)21(20)16-8-3-1-4-9-16/h1-14,20H,15H2. The third kappa shape index (κ3) is 3.15. The van der Waals surface area contributed by atoms with Crippen LogP contribution in [0.3, 0.4) is 0 Å². The van der Waals surface area contributed by atoms with E-state index in [2.05, 4.69) is 101 Å². The van der Waals surface area contributed by atoms with Crippen LogP contribution >= 0.6 is 15.9 Å². The summed E-state index contributed by atoms with van der Waals surface area (Å²) in [5, 5.41) is 1.23. The molecule has 1 unspecified atom stereocenters. The fraction of sp³-hybridized carbons (Fsp3) is 0.0909. The van der Waals surface area contributed by atoms with Crippen molar-refractivity contribution in [3.63, 3.8) is 0 Å². The molecule has 3 aromatic rings. The average Bonchev–Trinajstić information content (AvgIpc) is 3.08. The molecule has 0 spiro atoms. The number of halogens is 1. The van der Waals surface area contributed by atoms with Crippen LogP contribution < -0.4 is 0 Å². The van der Waals surface area contributed by atoms with E-state index < -0.39 is 0 Å². The Morgan fingerprint density at radius 2 is 1.42 bits per heavy atom. The third-order valence-corrected chi connectivity index (χ3v) is 7.46. The van der Waals surface area contributed by atoms with Crippen molar-refractivity contribution in [2.75, 3.05) is 0 Å². The van der Waals surface area contributed by atoms with Gasteiger partial charge in [0.1, 0.15) is 0 Å². The number of benzene rings is 3. The van der Waals surface area contributed by atoms with Crippen LogP contribution in [0.15, 0.2) is 89.4 Å². The van der Waals surface area contributed by atoms with Crippen molar-refractivity contribution in [2.24, 2.45) is 0 Å². The Labute approximate surface area is 157 Å². The van der Waals surface area contributed by atoms with Crippen LogP contribution in [0.25, 0.3) is 10.0 Å². The molecule has 1 aliphatic heterocycles. The van der Waals surface area contributed by atoms with Crippen LogP contribution in [0.2, 0.25) is 5.32 Å². The summed E-state index contributed by atoms with van der Waals surface area (Å²) in [5.41, 5.74) is 5.67. The molecule has 2 heteroatoms. The molecule has 24 heavy (non-hydrogen) atoms. The van der Waals surface area contributed by atoms with Gasteiger partial charge in [-0.2, -0.15) is 0 Å². The van der Waals surface area contributed by atoms with Crippen molar-refractivity contribution < 1.29 is 0 Å². The summed E-state index contributed by atoms with van der Waals surface area (Å²) in [5.74, 6) is 0.486. The zero-order valence-electron chi connectivity index (χ0n) is 13.2. The predicted molar refractivity (Wildman–Crippen MR) is 107 cm³/mol. The van der Waals surface area contributed by atoms with Crippen molar-refractivity contribution in [2.45, 2.75) is 11.2 Å². The maximum absolute atomic E-state index is 3.63. The molecular formula is C22H17BrSe. The molecule has 0 saturated carbocycles. The molecular weight excluding hydrogens is 423 g/mol. The molecule has 118 valence electrons. The summed E-state index contributed by atoms with van der Waals surface area (Å²) in [6.45, 7) is 0. The van der Waals surface area contributed by atoms with Crippen molar-refractivity contribution >= 4 is 40.9 Å². The molecule has 0 nitrogen and oxygen atoms in total. The van der Waals surface area contributed by atoms with E-state index in [1.165, 1.54) is 27.6 Å². The Balaban J connectivity index is 1.88. The van der Waals surface area contributed by atoms with Gasteiger partial charge in [-0.15, -0.1) is 0 Å². The van der Waals surface area contributed by atoms with Gasteiger partial charge in [-0.1, -0.05) is 0 Å². The predicted octanol–water partition coefficient (Wildman–Crippen LogP) is 6.24. The number of allylic oxidation sites excluding steroid dienone is 1. The van der Waals surface area contributed by atoms with Gasteiger partial charge >= 0.3 is 158 Å². The topological polar surface area (TPSA) is 0 Å². The first-order valence-corrected chi connectivity index (χ1v) is 10.9. The second-order valence-electron chi connectivity index (χ2n) is 5.89. The minimum absolute atomic E-state index is 0.486. The van der Waals surface area contributed by atoms with Crippen LogP contribution in [0, 0.1) is 0 Å². The molecule has 0 radical (unpaired) electrons. The second kappa shape index (κ2) is 7.11. The molecule has 0 fully saturated rings. The molecule has 0 amide bonds. The Morgan fingerprint density at radius 1 is 0.750 bits per heavy atom. The third-order valence-electron chi connectivity index (χ3n) is 4.36. The van der Waals surface area contributed by atoms with E-state index >= 15 is 0 Å². The van der Waals surface area contributed by atoms with E-state index in [-0.39, 0.29) is 0 Å². The molecule has 0 bridgehead atoms. The first-order valence-electron chi connectivity index (χ1n) is 8.06. The van der Waals surface area contributed by atoms with Gasteiger partial charge in [0.2, 0.25) is 0 Å². The van der Waals surface area contributed by atoms with E-state index in [9.17, 15) is 0 Å². The fourth-order valence-electron chi connectivity index (χ4n) is 3.25. The summed E-state index contributed by atoms with van der Waals surface area (Å²) in [7, 11) is 0. The fourth-order valence-corrected chi connectivity index (χ4v) is 6.63. The maximum atomic E-state index is 3.63. The van der Waals surface area contributed by atoms with Crippen molar-refractivity contribution in [3.05, 3.63) is 106 Å². The summed E-state index contributed by atoms with van der Waals surface area (Å²) in [6.07, 6.45) is 0. The van der Waals surface area contributed by atoms with E-state index in [1.807, 2.05) is 0 Å². The minimum atomic E-state index is 0.486. The molecule has 1 heterocycles.